The number of rotatable bonds is 9. The molecule has 5 nitrogen and oxygen atoms in total. The van der Waals surface area contributed by atoms with Crippen LogP contribution >= 0.6 is 0 Å². The van der Waals surface area contributed by atoms with E-state index in [0.717, 1.165) is 43.6 Å². The first-order valence-corrected chi connectivity index (χ1v) is 10.1. The van der Waals surface area contributed by atoms with Crippen molar-refractivity contribution in [1.29, 1.82) is 0 Å². The lowest BCUT2D eigenvalue weighted by atomic mass is 9.85. The van der Waals surface area contributed by atoms with E-state index >= 15 is 0 Å². The van der Waals surface area contributed by atoms with Crippen LogP contribution in [0.4, 0.5) is 0 Å². The largest absolute Gasteiger partial charge is 0.356 e. The van der Waals surface area contributed by atoms with Crippen LogP contribution in [0.3, 0.4) is 0 Å². The quantitative estimate of drug-likeness (QED) is 0.405. The van der Waals surface area contributed by atoms with Crippen LogP contribution < -0.4 is 10.6 Å². The molecule has 1 aromatic rings. The summed E-state index contributed by atoms with van der Waals surface area (Å²) in [5, 5.41) is 6.99. The number of nitrogens with one attached hydrogen (secondary N) is 2. The Balaban J connectivity index is 1.55. The summed E-state index contributed by atoms with van der Waals surface area (Å²) < 4.78 is 2.21. The molecule has 25 heavy (non-hydrogen) atoms. The molecule has 0 spiro atoms. The van der Waals surface area contributed by atoms with Crippen molar-refractivity contribution in [1.82, 2.24) is 20.2 Å². The Morgan fingerprint density at radius 2 is 2.12 bits per heavy atom. The molecule has 1 fully saturated rings. The summed E-state index contributed by atoms with van der Waals surface area (Å²) >= 11 is 0. The van der Waals surface area contributed by atoms with Crippen LogP contribution in [-0.4, -0.2) is 35.1 Å². The highest BCUT2D eigenvalue weighted by molar-refractivity contribution is 5.79. The summed E-state index contributed by atoms with van der Waals surface area (Å²) in [4.78, 5) is 8.62. The number of guanidine groups is 1. The summed E-state index contributed by atoms with van der Waals surface area (Å²) in [6, 6.07) is 0.488. The minimum Gasteiger partial charge on any atom is -0.356 e. The van der Waals surface area contributed by atoms with E-state index < -0.39 is 0 Å². The van der Waals surface area contributed by atoms with Gasteiger partial charge in [0.25, 0.3) is 0 Å². The van der Waals surface area contributed by atoms with Crippen molar-refractivity contribution in [2.75, 3.05) is 13.6 Å². The van der Waals surface area contributed by atoms with Gasteiger partial charge in [-0.1, -0.05) is 32.1 Å². The smallest absolute Gasteiger partial charge is 0.191 e. The average molecular weight is 348 g/mol. The first-order chi connectivity index (χ1) is 12.2. The number of aliphatic imine (C=N–C) groups is 1. The fourth-order valence-corrected chi connectivity index (χ4v) is 3.72. The van der Waals surface area contributed by atoms with Gasteiger partial charge in [0.1, 0.15) is 5.82 Å². The van der Waals surface area contributed by atoms with Gasteiger partial charge in [-0.3, -0.25) is 4.99 Å². The molecule has 0 saturated heterocycles. The van der Waals surface area contributed by atoms with Gasteiger partial charge < -0.3 is 15.2 Å². The first-order valence-electron chi connectivity index (χ1n) is 10.1. The van der Waals surface area contributed by atoms with E-state index in [4.69, 9.17) is 0 Å². The molecule has 1 heterocycles. The highest BCUT2D eigenvalue weighted by atomic mass is 15.2. The molecule has 1 aliphatic rings. The number of unbranched alkanes of at least 4 members (excludes halogenated alkanes) is 1. The molecular formula is C20H37N5. The lowest BCUT2D eigenvalue weighted by Crippen LogP contribution is -2.42. The van der Waals surface area contributed by atoms with Crippen LogP contribution in [0, 0.1) is 12.8 Å². The van der Waals surface area contributed by atoms with Crippen LogP contribution in [0.25, 0.3) is 0 Å². The Morgan fingerprint density at radius 1 is 1.32 bits per heavy atom. The number of aryl methyl sites for hydroxylation is 2. The van der Waals surface area contributed by atoms with E-state index in [1.807, 2.05) is 13.2 Å². The predicted molar refractivity (Wildman–Crippen MR) is 106 cm³/mol. The Kier molecular flexibility index (Phi) is 8.84. The standard InChI is InChI=1S/C20H37N5/c1-17(11-12-19-9-5-4-6-10-19)24-20(21-3)23-13-7-8-15-25-16-14-22-18(25)2/h14,16-17,19H,4-13,15H2,1-3H3,(H2,21,23,24). The van der Waals surface area contributed by atoms with Crippen molar-refractivity contribution in [3.8, 4) is 0 Å². The molecule has 1 aromatic heterocycles. The van der Waals surface area contributed by atoms with E-state index in [9.17, 15) is 0 Å². The molecule has 0 amide bonds. The van der Waals surface area contributed by atoms with Gasteiger partial charge in [0, 0.05) is 38.6 Å². The molecule has 0 radical (unpaired) electrons. The topological polar surface area (TPSA) is 54.2 Å². The Hall–Kier alpha value is -1.52. The minimum atomic E-state index is 0.488. The van der Waals surface area contributed by atoms with Gasteiger partial charge >= 0.3 is 0 Å². The maximum Gasteiger partial charge on any atom is 0.191 e. The second kappa shape index (κ2) is 11.2. The van der Waals surface area contributed by atoms with Gasteiger partial charge in [0.05, 0.1) is 0 Å². The molecule has 2 N–H and O–H groups in total. The molecule has 1 unspecified atom stereocenters. The lowest BCUT2D eigenvalue weighted by Gasteiger charge is -2.24. The van der Waals surface area contributed by atoms with Crippen molar-refractivity contribution in [3.05, 3.63) is 18.2 Å². The first kappa shape index (κ1) is 19.8. The van der Waals surface area contributed by atoms with Gasteiger partial charge in [0.15, 0.2) is 5.96 Å². The van der Waals surface area contributed by atoms with E-state index in [-0.39, 0.29) is 0 Å². The summed E-state index contributed by atoms with van der Waals surface area (Å²) in [5.41, 5.74) is 0. The van der Waals surface area contributed by atoms with Crippen molar-refractivity contribution in [3.63, 3.8) is 0 Å². The Bertz CT molecular complexity index is 502. The monoisotopic (exact) mass is 347 g/mol. The molecule has 0 bridgehead atoms. The summed E-state index contributed by atoms with van der Waals surface area (Å²) in [6.07, 6.45) is 16.0. The molecule has 1 saturated carbocycles. The SMILES string of the molecule is CN=C(NCCCCn1ccnc1C)NC(C)CCC1CCCCC1. The zero-order chi connectivity index (χ0) is 17.9. The Morgan fingerprint density at radius 3 is 2.80 bits per heavy atom. The fourth-order valence-electron chi connectivity index (χ4n) is 3.72. The molecule has 5 heteroatoms. The van der Waals surface area contributed by atoms with Crippen molar-refractivity contribution in [2.24, 2.45) is 10.9 Å². The van der Waals surface area contributed by atoms with E-state index in [0.29, 0.717) is 6.04 Å². The summed E-state index contributed by atoms with van der Waals surface area (Å²) in [5.74, 6) is 2.99. The van der Waals surface area contributed by atoms with Crippen LogP contribution in [0.5, 0.6) is 0 Å². The number of aromatic nitrogens is 2. The summed E-state index contributed by atoms with van der Waals surface area (Å²) in [7, 11) is 1.86. The number of hydrogen-bond donors (Lipinski definition) is 2. The van der Waals surface area contributed by atoms with Crippen molar-refractivity contribution >= 4 is 5.96 Å². The van der Waals surface area contributed by atoms with E-state index in [2.05, 4.69) is 45.2 Å². The fraction of sp³-hybridized carbons (Fsp3) is 0.800. The molecule has 1 atom stereocenters. The Labute approximate surface area is 153 Å². The zero-order valence-corrected chi connectivity index (χ0v) is 16.4. The van der Waals surface area contributed by atoms with E-state index in [1.165, 1.54) is 44.9 Å². The minimum absolute atomic E-state index is 0.488. The predicted octanol–water partition coefficient (Wildman–Crippen LogP) is 3.89. The molecular weight excluding hydrogens is 310 g/mol. The molecule has 0 aliphatic heterocycles. The van der Waals surface area contributed by atoms with Crippen molar-refractivity contribution < 1.29 is 0 Å². The number of imidazole rings is 1. The average Bonchev–Trinajstić information content (AvgIpc) is 3.04. The zero-order valence-electron chi connectivity index (χ0n) is 16.4. The van der Waals surface area contributed by atoms with Crippen LogP contribution in [0.15, 0.2) is 17.4 Å². The normalized spacial score (nSPS) is 17.5. The third-order valence-corrected chi connectivity index (χ3v) is 5.38. The van der Waals surface area contributed by atoms with Gasteiger partial charge in [0.2, 0.25) is 0 Å². The highest BCUT2D eigenvalue weighted by Gasteiger charge is 2.14. The maximum absolute atomic E-state index is 4.36. The van der Waals surface area contributed by atoms with Gasteiger partial charge in [-0.15, -0.1) is 0 Å². The van der Waals surface area contributed by atoms with Crippen molar-refractivity contribution in [2.45, 2.75) is 84.2 Å². The number of nitrogens with zero attached hydrogens (tertiary/aromatic N) is 3. The van der Waals surface area contributed by atoms with E-state index in [1.54, 1.807) is 0 Å². The van der Waals surface area contributed by atoms with Crippen LogP contribution in [0.2, 0.25) is 0 Å². The second-order valence-corrected chi connectivity index (χ2v) is 7.50. The van der Waals surface area contributed by atoms with Gasteiger partial charge in [-0.05, 0) is 45.4 Å². The highest BCUT2D eigenvalue weighted by Crippen LogP contribution is 2.27. The second-order valence-electron chi connectivity index (χ2n) is 7.50. The lowest BCUT2D eigenvalue weighted by molar-refractivity contribution is 0.322. The van der Waals surface area contributed by atoms with Gasteiger partial charge in [-0.2, -0.15) is 0 Å². The number of hydrogen-bond acceptors (Lipinski definition) is 2. The van der Waals surface area contributed by atoms with Crippen LogP contribution in [0.1, 0.15) is 70.5 Å². The van der Waals surface area contributed by atoms with Gasteiger partial charge in [-0.25, -0.2) is 4.98 Å². The third kappa shape index (κ3) is 7.49. The molecule has 1 aliphatic carbocycles. The van der Waals surface area contributed by atoms with Crippen LogP contribution in [-0.2, 0) is 6.54 Å². The molecule has 0 aromatic carbocycles. The third-order valence-electron chi connectivity index (χ3n) is 5.38. The molecule has 2 rings (SSSR count). The summed E-state index contributed by atoms with van der Waals surface area (Å²) in [6.45, 7) is 6.33. The molecule has 142 valence electrons. The maximum atomic E-state index is 4.36.